The van der Waals surface area contributed by atoms with E-state index in [0.717, 1.165) is 13.1 Å². The minimum absolute atomic E-state index is 0.619. The summed E-state index contributed by atoms with van der Waals surface area (Å²) in [6.45, 7) is 5.81. The Morgan fingerprint density at radius 3 is 2.64 bits per heavy atom. The maximum Gasteiger partial charge on any atom is 0.0404 e. The van der Waals surface area contributed by atoms with E-state index in [4.69, 9.17) is 11.6 Å². The van der Waals surface area contributed by atoms with E-state index in [-0.39, 0.29) is 0 Å². The lowest BCUT2D eigenvalue weighted by Gasteiger charge is -2.26. The molecule has 82 valence electrons. The summed E-state index contributed by atoms with van der Waals surface area (Å²) < 4.78 is 0. The summed E-state index contributed by atoms with van der Waals surface area (Å²) in [5.41, 5.74) is 0. The van der Waals surface area contributed by atoms with Crippen LogP contribution in [0.3, 0.4) is 0 Å². The van der Waals surface area contributed by atoms with Crippen LogP contribution in [0.1, 0.15) is 19.3 Å². The second kappa shape index (κ2) is 8.27. The Kier molecular flexibility index (Phi) is 7.10. The molecule has 0 bridgehead atoms. The van der Waals surface area contributed by atoms with Gasteiger partial charge in [0.25, 0.3) is 0 Å². The van der Waals surface area contributed by atoms with Gasteiger partial charge in [-0.3, -0.25) is 0 Å². The maximum atomic E-state index is 5.51. The fourth-order valence-electron chi connectivity index (χ4n) is 1.75. The van der Waals surface area contributed by atoms with Crippen LogP contribution < -0.4 is 5.32 Å². The molecule has 1 N–H and O–H groups in total. The normalized spacial score (nSPS) is 19.2. The SMILES string of the molecule is ClC/C=C/CNCCN1CCCCC1. The highest BCUT2D eigenvalue weighted by molar-refractivity contribution is 6.18. The van der Waals surface area contributed by atoms with Gasteiger partial charge in [0.1, 0.15) is 0 Å². The number of halogens is 1. The van der Waals surface area contributed by atoms with Gasteiger partial charge in [-0.15, -0.1) is 11.6 Å². The largest absolute Gasteiger partial charge is 0.312 e. The molecular formula is C11H21ClN2. The maximum absolute atomic E-state index is 5.51. The van der Waals surface area contributed by atoms with Gasteiger partial charge in [0, 0.05) is 25.5 Å². The Morgan fingerprint density at radius 2 is 1.93 bits per heavy atom. The van der Waals surface area contributed by atoms with E-state index in [9.17, 15) is 0 Å². The van der Waals surface area contributed by atoms with E-state index in [1.54, 1.807) is 0 Å². The minimum Gasteiger partial charge on any atom is -0.312 e. The van der Waals surface area contributed by atoms with E-state index in [1.165, 1.54) is 38.9 Å². The second-order valence-electron chi connectivity index (χ2n) is 3.73. The first-order valence-corrected chi connectivity index (χ1v) is 6.11. The number of nitrogens with one attached hydrogen (secondary N) is 1. The number of rotatable bonds is 6. The molecule has 1 heterocycles. The third-order valence-corrected chi connectivity index (χ3v) is 2.75. The van der Waals surface area contributed by atoms with Crippen molar-refractivity contribution < 1.29 is 0 Å². The van der Waals surface area contributed by atoms with Crippen LogP contribution in [0.15, 0.2) is 12.2 Å². The summed E-state index contributed by atoms with van der Waals surface area (Å²) in [6, 6.07) is 0. The van der Waals surface area contributed by atoms with Gasteiger partial charge in [0.2, 0.25) is 0 Å². The first-order chi connectivity index (χ1) is 6.93. The predicted molar refractivity (Wildman–Crippen MR) is 63.0 cm³/mol. The molecule has 0 unspecified atom stereocenters. The molecule has 0 aromatic carbocycles. The topological polar surface area (TPSA) is 15.3 Å². The van der Waals surface area contributed by atoms with Gasteiger partial charge in [-0.1, -0.05) is 18.6 Å². The second-order valence-corrected chi connectivity index (χ2v) is 4.04. The molecule has 1 aliphatic rings. The summed E-state index contributed by atoms with van der Waals surface area (Å²) in [5, 5.41) is 3.38. The summed E-state index contributed by atoms with van der Waals surface area (Å²) >= 11 is 5.51. The highest BCUT2D eigenvalue weighted by atomic mass is 35.5. The molecular weight excluding hydrogens is 196 g/mol. The van der Waals surface area contributed by atoms with Crippen molar-refractivity contribution in [2.24, 2.45) is 0 Å². The van der Waals surface area contributed by atoms with Gasteiger partial charge in [-0.2, -0.15) is 0 Å². The van der Waals surface area contributed by atoms with Gasteiger partial charge < -0.3 is 10.2 Å². The number of likely N-dealkylation sites (tertiary alicyclic amines) is 1. The summed E-state index contributed by atoms with van der Waals surface area (Å²) in [5.74, 6) is 0.619. The summed E-state index contributed by atoms with van der Waals surface area (Å²) in [4.78, 5) is 2.54. The van der Waals surface area contributed by atoms with Gasteiger partial charge in [-0.25, -0.2) is 0 Å². The van der Waals surface area contributed by atoms with Crippen LogP contribution in [0, 0.1) is 0 Å². The number of nitrogens with zero attached hydrogens (tertiary/aromatic N) is 1. The van der Waals surface area contributed by atoms with E-state index in [0.29, 0.717) is 5.88 Å². The van der Waals surface area contributed by atoms with Crippen molar-refractivity contribution in [1.29, 1.82) is 0 Å². The number of hydrogen-bond acceptors (Lipinski definition) is 2. The Balaban J connectivity index is 1.89. The highest BCUT2D eigenvalue weighted by Crippen LogP contribution is 2.06. The number of hydrogen-bond donors (Lipinski definition) is 1. The molecule has 2 nitrogen and oxygen atoms in total. The van der Waals surface area contributed by atoms with Crippen LogP contribution in [-0.4, -0.2) is 43.5 Å². The van der Waals surface area contributed by atoms with Crippen molar-refractivity contribution in [3.05, 3.63) is 12.2 Å². The molecule has 0 aliphatic carbocycles. The van der Waals surface area contributed by atoms with Crippen LogP contribution >= 0.6 is 11.6 Å². The smallest absolute Gasteiger partial charge is 0.0404 e. The number of allylic oxidation sites excluding steroid dienone is 1. The summed E-state index contributed by atoms with van der Waals surface area (Å²) in [7, 11) is 0. The predicted octanol–water partition coefficient (Wildman–Crippen LogP) is 1.86. The monoisotopic (exact) mass is 216 g/mol. The zero-order valence-electron chi connectivity index (χ0n) is 8.84. The molecule has 14 heavy (non-hydrogen) atoms. The lowest BCUT2D eigenvalue weighted by Crippen LogP contribution is -2.35. The average molecular weight is 217 g/mol. The van der Waals surface area contributed by atoms with E-state index < -0.39 is 0 Å². The molecule has 1 saturated heterocycles. The van der Waals surface area contributed by atoms with Crippen LogP contribution in [0.2, 0.25) is 0 Å². The first-order valence-electron chi connectivity index (χ1n) is 5.57. The molecule has 0 spiro atoms. The van der Waals surface area contributed by atoms with E-state index >= 15 is 0 Å². The van der Waals surface area contributed by atoms with Crippen molar-refractivity contribution in [2.75, 3.05) is 38.6 Å². The molecule has 0 radical (unpaired) electrons. The third kappa shape index (κ3) is 5.63. The standard InChI is InChI=1S/C11H21ClN2/c12-6-2-3-7-13-8-11-14-9-4-1-5-10-14/h2-3,13H,1,4-11H2/b3-2+. The van der Waals surface area contributed by atoms with Gasteiger partial charge in [-0.05, 0) is 25.9 Å². The molecule has 1 rings (SSSR count). The molecule has 3 heteroatoms. The summed E-state index contributed by atoms with van der Waals surface area (Å²) in [6.07, 6.45) is 8.25. The Bertz CT molecular complexity index is 153. The van der Waals surface area contributed by atoms with Crippen molar-refractivity contribution in [3.8, 4) is 0 Å². The molecule has 0 saturated carbocycles. The van der Waals surface area contributed by atoms with E-state index in [1.807, 2.05) is 6.08 Å². The Morgan fingerprint density at radius 1 is 1.14 bits per heavy atom. The zero-order chi connectivity index (χ0) is 10.1. The fraction of sp³-hybridized carbons (Fsp3) is 0.818. The lowest BCUT2D eigenvalue weighted by atomic mass is 10.1. The Hall–Kier alpha value is -0.0500. The minimum atomic E-state index is 0.619. The number of alkyl halides is 1. The van der Waals surface area contributed by atoms with Crippen LogP contribution in [0.25, 0.3) is 0 Å². The zero-order valence-corrected chi connectivity index (χ0v) is 9.60. The third-order valence-electron chi connectivity index (χ3n) is 2.57. The molecule has 1 aliphatic heterocycles. The van der Waals surface area contributed by atoms with E-state index in [2.05, 4.69) is 16.3 Å². The van der Waals surface area contributed by atoms with Crippen molar-refractivity contribution in [2.45, 2.75) is 19.3 Å². The van der Waals surface area contributed by atoms with Crippen molar-refractivity contribution >= 4 is 11.6 Å². The average Bonchev–Trinajstić information content (AvgIpc) is 2.25. The number of piperidine rings is 1. The molecule has 0 aromatic rings. The van der Waals surface area contributed by atoms with Gasteiger partial charge in [0.15, 0.2) is 0 Å². The van der Waals surface area contributed by atoms with Crippen molar-refractivity contribution in [3.63, 3.8) is 0 Å². The molecule has 0 atom stereocenters. The van der Waals surface area contributed by atoms with Gasteiger partial charge in [0.05, 0.1) is 0 Å². The lowest BCUT2D eigenvalue weighted by molar-refractivity contribution is 0.230. The highest BCUT2D eigenvalue weighted by Gasteiger charge is 2.08. The molecule has 0 amide bonds. The fourth-order valence-corrected chi connectivity index (χ4v) is 1.88. The van der Waals surface area contributed by atoms with Crippen LogP contribution in [0.4, 0.5) is 0 Å². The first kappa shape index (κ1) is 12.0. The molecule has 0 aromatic heterocycles. The van der Waals surface area contributed by atoms with Crippen LogP contribution in [0.5, 0.6) is 0 Å². The molecule has 1 fully saturated rings. The van der Waals surface area contributed by atoms with Gasteiger partial charge >= 0.3 is 0 Å². The Labute approximate surface area is 92.3 Å². The van der Waals surface area contributed by atoms with Crippen molar-refractivity contribution in [1.82, 2.24) is 10.2 Å². The quantitative estimate of drug-likeness (QED) is 0.414. The van der Waals surface area contributed by atoms with Crippen LogP contribution in [-0.2, 0) is 0 Å².